The Bertz CT molecular complexity index is 1180. The number of ether oxygens (including phenoxy) is 4. The van der Waals surface area contributed by atoms with Crippen LogP contribution in [0.2, 0.25) is 0 Å². The van der Waals surface area contributed by atoms with Crippen molar-refractivity contribution in [3.05, 3.63) is 51.1 Å². The monoisotopic (exact) mass is 527 g/mol. The molecule has 2 unspecified atom stereocenters. The van der Waals surface area contributed by atoms with Crippen LogP contribution in [0.5, 0.6) is 17.2 Å². The van der Waals surface area contributed by atoms with Crippen LogP contribution in [0.15, 0.2) is 29.2 Å². The third kappa shape index (κ3) is 6.18. The van der Waals surface area contributed by atoms with Gasteiger partial charge in [0.1, 0.15) is 0 Å². The molecule has 35 heavy (non-hydrogen) atoms. The van der Waals surface area contributed by atoms with Crippen LogP contribution in [0.4, 0.5) is 5.69 Å². The summed E-state index contributed by atoms with van der Waals surface area (Å²) in [5, 5.41) is 11.0. The molecule has 1 aliphatic rings. The molecule has 0 spiro atoms. The van der Waals surface area contributed by atoms with E-state index < -0.39 is 15.0 Å². The normalized spacial score (nSPS) is 17.9. The number of hydrogen-bond acceptors (Lipinski definition) is 9. The van der Waals surface area contributed by atoms with Crippen molar-refractivity contribution in [1.29, 1.82) is 0 Å². The van der Waals surface area contributed by atoms with E-state index in [2.05, 4.69) is 6.92 Å². The summed E-state index contributed by atoms with van der Waals surface area (Å²) in [7, 11) is 0.174. The number of nitrogens with zero attached hydrogens (tertiary/aromatic N) is 1. The minimum atomic E-state index is -4.53. The van der Waals surface area contributed by atoms with Gasteiger partial charge < -0.3 is 18.9 Å². The average molecular weight is 528 g/mol. The van der Waals surface area contributed by atoms with Crippen LogP contribution in [0.3, 0.4) is 0 Å². The summed E-state index contributed by atoms with van der Waals surface area (Å²) < 4.78 is 55.6. The summed E-state index contributed by atoms with van der Waals surface area (Å²) in [4.78, 5) is 10.1. The Morgan fingerprint density at radius 1 is 1.14 bits per heavy atom. The van der Waals surface area contributed by atoms with Gasteiger partial charge in [-0.3, -0.25) is 14.7 Å². The maximum Gasteiger partial charge on any atom is 0.294 e. The van der Waals surface area contributed by atoms with Gasteiger partial charge in [0.15, 0.2) is 11.5 Å². The number of methoxy groups -OCH3 is 3. The lowest BCUT2D eigenvalue weighted by atomic mass is 9.94. The molecule has 1 aliphatic heterocycles. The highest BCUT2D eigenvalue weighted by Gasteiger charge is 2.30. The van der Waals surface area contributed by atoms with Gasteiger partial charge in [0, 0.05) is 17.7 Å². The third-order valence-electron chi connectivity index (χ3n) is 5.74. The highest BCUT2D eigenvalue weighted by atomic mass is 32.2. The van der Waals surface area contributed by atoms with Crippen molar-refractivity contribution in [3.63, 3.8) is 0 Å². The van der Waals surface area contributed by atoms with E-state index in [1.54, 1.807) is 33.1 Å². The summed E-state index contributed by atoms with van der Waals surface area (Å²) in [5.41, 5.74) is 1.90. The second kappa shape index (κ2) is 11.5. The molecule has 0 aromatic heterocycles. The van der Waals surface area contributed by atoms with Gasteiger partial charge in [-0.05, 0) is 47.8 Å². The second-order valence-corrected chi connectivity index (χ2v) is 10.8. The van der Waals surface area contributed by atoms with E-state index in [1.807, 2.05) is 6.07 Å². The molecule has 10 nitrogen and oxygen atoms in total. The standard InChI is InChI=1S/C23H29NO9S2/c1-14-9-16-11-18(30-2)22(31-3)23(32-4)21(16)19(34-13-14)12-33-8-7-15-10-17(24(25)26)5-6-20(15)35(27,28)29/h5-6,10-11,14,19H,7-9,12-13H2,1-4H3,(H,27,28,29). The quantitative estimate of drug-likeness (QED) is 0.208. The first kappa shape index (κ1) is 27.1. The van der Waals surface area contributed by atoms with E-state index in [9.17, 15) is 23.1 Å². The number of nitro benzene ring substituents is 1. The van der Waals surface area contributed by atoms with Crippen molar-refractivity contribution < 1.29 is 36.8 Å². The molecule has 0 fully saturated rings. The number of rotatable bonds is 10. The molecule has 3 rings (SSSR count). The predicted molar refractivity (Wildman–Crippen MR) is 132 cm³/mol. The molecule has 0 radical (unpaired) electrons. The van der Waals surface area contributed by atoms with Crippen molar-refractivity contribution >= 4 is 27.6 Å². The zero-order valence-electron chi connectivity index (χ0n) is 20.0. The maximum atomic E-state index is 11.7. The number of non-ortho nitro benzene ring substituents is 1. The van der Waals surface area contributed by atoms with Gasteiger partial charge in [-0.2, -0.15) is 20.2 Å². The van der Waals surface area contributed by atoms with Crippen LogP contribution >= 0.6 is 11.8 Å². The molecule has 2 aromatic rings. The fraction of sp³-hybridized carbons (Fsp3) is 0.478. The lowest BCUT2D eigenvalue weighted by Crippen LogP contribution is -2.12. The maximum absolute atomic E-state index is 11.7. The van der Waals surface area contributed by atoms with Crippen molar-refractivity contribution in [2.75, 3.05) is 40.3 Å². The van der Waals surface area contributed by atoms with Gasteiger partial charge >= 0.3 is 0 Å². The van der Waals surface area contributed by atoms with Crippen molar-refractivity contribution in [3.8, 4) is 17.2 Å². The topological polar surface area (TPSA) is 134 Å². The first-order valence-corrected chi connectivity index (χ1v) is 13.3. The molecule has 2 aromatic carbocycles. The molecule has 0 bridgehead atoms. The molecule has 0 amide bonds. The average Bonchev–Trinajstić information content (AvgIpc) is 2.97. The molecule has 0 aliphatic carbocycles. The van der Waals surface area contributed by atoms with E-state index in [0.717, 1.165) is 41.5 Å². The van der Waals surface area contributed by atoms with Crippen molar-refractivity contribution in [2.45, 2.75) is 29.9 Å². The van der Waals surface area contributed by atoms with E-state index in [-0.39, 0.29) is 34.4 Å². The third-order valence-corrected chi connectivity index (χ3v) is 8.23. The molecular formula is C23H29NO9S2. The highest BCUT2D eigenvalue weighted by molar-refractivity contribution is 7.99. The van der Waals surface area contributed by atoms with Gasteiger partial charge in [-0.1, -0.05) is 6.92 Å². The molecule has 0 saturated carbocycles. The summed E-state index contributed by atoms with van der Waals surface area (Å²) in [5.74, 6) is 2.99. The largest absolute Gasteiger partial charge is 0.493 e. The van der Waals surface area contributed by atoms with Gasteiger partial charge in [0.25, 0.3) is 15.8 Å². The minimum absolute atomic E-state index is 0.0700. The fourth-order valence-electron chi connectivity index (χ4n) is 4.18. The molecule has 0 saturated heterocycles. The van der Waals surface area contributed by atoms with Crippen molar-refractivity contribution in [2.24, 2.45) is 5.92 Å². The zero-order valence-corrected chi connectivity index (χ0v) is 21.6. The predicted octanol–water partition coefficient (Wildman–Crippen LogP) is 4.09. The van der Waals surface area contributed by atoms with E-state index in [4.69, 9.17) is 18.9 Å². The first-order valence-electron chi connectivity index (χ1n) is 10.9. The summed E-state index contributed by atoms with van der Waals surface area (Å²) >= 11 is 1.73. The lowest BCUT2D eigenvalue weighted by Gasteiger charge is -2.23. The molecule has 192 valence electrons. The number of thioether (sulfide) groups is 1. The van der Waals surface area contributed by atoms with Gasteiger partial charge in [-0.25, -0.2) is 0 Å². The summed E-state index contributed by atoms with van der Waals surface area (Å²) in [6.07, 6.45) is 0.904. The molecule has 1 heterocycles. The van der Waals surface area contributed by atoms with E-state index in [1.165, 1.54) is 0 Å². The summed E-state index contributed by atoms with van der Waals surface area (Å²) in [6.45, 7) is 2.57. The molecule has 12 heteroatoms. The first-order chi connectivity index (χ1) is 16.6. The molecule has 1 N–H and O–H groups in total. The van der Waals surface area contributed by atoms with Gasteiger partial charge in [0.05, 0.1) is 49.6 Å². The number of nitro groups is 1. The van der Waals surface area contributed by atoms with E-state index >= 15 is 0 Å². The van der Waals surface area contributed by atoms with E-state index in [0.29, 0.717) is 29.8 Å². The minimum Gasteiger partial charge on any atom is -0.493 e. The fourth-order valence-corrected chi connectivity index (χ4v) is 6.21. The Balaban J connectivity index is 1.83. The molecular weight excluding hydrogens is 498 g/mol. The second-order valence-electron chi connectivity index (χ2n) is 8.20. The van der Waals surface area contributed by atoms with Crippen LogP contribution in [0, 0.1) is 16.0 Å². The SMILES string of the molecule is COc1cc2c(c(OC)c1OC)C(COCCc1cc([N+](=O)[O-])ccc1S(=O)(=O)O)SCC(C)C2. The summed E-state index contributed by atoms with van der Waals surface area (Å²) in [6, 6.07) is 5.19. The number of benzene rings is 2. The van der Waals surface area contributed by atoms with Gasteiger partial charge in [-0.15, -0.1) is 0 Å². The smallest absolute Gasteiger partial charge is 0.294 e. The van der Waals surface area contributed by atoms with Crippen LogP contribution in [-0.2, 0) is 27.7 Å². The van der Waals surface area contributed by atoms with Crippen molar-refractivity contribution in [1.82, 2.24) is 0 Å². The highest BCUT2D eigenvalue weighted by Crippen LogP contribution is 2.50. The zero-order chi connectivity index (χ0) is 25.8. The Kier molecular flexibility index (Phi) is 8.86. The van der Waals surface area contributed by atoms with Crippen LogP contribution in [0.25, 0.3) is 0 Å². The van der Waals surface area contributed by atoms with Gasteiger partial charge in [0.2, 0.25) is 5.75 Å². The Labute approximate surface area is 208 Å². The lowest BCUT2D eigenvalue weighted by molar-refractivity contribution is -0.385. The molecule has 2 atom stereocenters. The Hall–Kier alpha value is -2.54. The van der Waals surface area contributed by atoms with Crippen LogP contribution in [0.1, 0.15) is 28.9 Å². The number of hydrogen-bond donors (Lipinski definition) is 1. The van der Waals surface area contributed by atoms with Crippen LogP contribution < -0.4 is 14.2 Å². The Morgan fingerprint density at radius 3 is 2.46 bits per heavy atom. The number of fused-ring (bicyclic) bond motifs is 1. The Morgan fingerprint density at radius 2 is 1.86 bits per heavy atom. The van der Waals surface area contributed by atoms with Crippen LogP contribution in [-0.4, -0.2) is 58.2 Å².